The van der Waals surface area contributed by atoms with Crippen LogP contribution in [-0.2, 0) is 7.05 Å². The third-order valence-electron chi connectivity index (χ3n) is 7.14. The first-order chi connectivity index (χ1) is 17.3. The second kappa shape index (κ2) is 7.75. The van der Waals surface area contributed by atoms with Crippen LogP contribution in [0, 0.1) is 0 Å². The topological polar surface area (TPSA) is 8.17 Å². The average molecular weight is 449 g/mol. The number of aromatic nitrogens is 1. The predicted octanol–water partition coefficient (Wildman–Crippen LogP) is 9.11. The fourth-order valence-electron chi connectivity index (χ4n) is 5.62. The summed E-state index contributed by atoms with van der Waals surface area (Å²) in [5.41, 5.74) is 5.98. The Balaban J connectivity index is 1.60. The van der Waals surface area contributed by atoms with Gasteiger partial charge in [0.1, 0.15) is 0 Å². The van der Waals surface area contributed by atoms with Crippen LogP contribution in [0.2, 0.25) is 0 Å². The normalized spacial score (nSPS) is 11.6. The number of para-hydroxylation sites is 2. The summed E-state index contributed by atoms with van der Waals surface area (Å²) in [7, 11) is 2.19. The minimum absolute atomic E-state index is 1.15. The highest BCUT2D eigenvalue weighted by Gasteiger charge is 2.18. The van der Waals surface area contributed by atoms with E-state index >= 15 is 0 Å². The van der Waals surface area contributed by atoms with Crippen LogP contribution < -0.4 is 4.90 Å². The van der Waals surface area contributed by atoms with Gasteiger partial charge in [-0.15, -0.1) is 0 Å². The van der Waals surface area contributed by atoms with Gasteiger partial charge in [-0.3, -0.25) is 0 Å². The van der Waals surface area contributed by atoms with E-state index in [1.54, 1.807) is 0 Å². The quantitative estimate of drug-likeness (QED) is 0.245. The van der Waals surface area contributed by atoms with Gasteiger partial charge in [-0.1, -0.05) is 84.9 Å². The molecule has 1 heterocycles. The molecule has 6 aromatic carbocycles. The molecule has 0 saturated heterocycles. The van der Waals surface area contributed by atoms with E-state index in [-0.39, 0.29) is 0 Å². The molecular weight excluding hydrogens is 424 g/mol. The third-order valence-corrected chi connectivity index (χ3v) is 7.14. The summed E-state index contributed by atoms with van der Waals surface area (Å²) in [6, 6.07) is 45.7. The van der Waals surface area contributed by atoms with Crippen molar-refractivity contribution in [3.8, 4) is 0 Å². The summed E-state index contributed by atoms with van der Waals surface area (Å²) >= 11 is 0. The maximum Gasteiger partial charge on any atom is 0.0574 e. The molecule has 0 fully saturated rings. The van der Waals surface area contributed by atoms with Crippen molar-refractivity contribution in [3.05, 3.63) is 127 Å². The zero-order valence-electron chi connectivity index (χ0n) is 19.5. The van der Waals surface area contributed by atoms with Gasteiger partial charge in [-0.25, -0.2) is 0 Å². The van der Waals surface area contributed by atoms with Crippen molar-refractivity contribution >= 4 is 60.4 Å². The molecule has 35 heavy (non-hydrogen) atoms. The Morgan fingerprint density at radius 3 is 1.60 bits per heavy atom. The summed E-state index contributed by atoms with van der Waals surface area (Å²) in [4.78, 5) is 2.33. The lowest BCUT2D eigenvalue weighted by Crippen LogP contribution is -2.09. The number of fused-ring (bicyclic) bond motifs is 8. The van der Waals surface area contributed by atoms with Crippen LogP contribution in [0.4, 0.5) is 17.1 Å². The van der Waals surface area contributed by atoms with Gasteiger partial charge >= 0.3 is 0 Å². The highest BCUT2D eigenvalue weighted by atomic mass is 15.1. The Bertz CT molecular complexity index is 1810. The molecule has 2 heteroatoms. The zero-order chi connectivity index (χ0) is 23.4. The molecule has 0 atom stereocenters. The number of nitrogens with zero attached hydrogens (tertiary/aromatic N) is 2. The summed E-state index contributed by atoms with van der Waals surface area (Å²) in [6.07, 6.45) is 0. The first-order valence-corrected chi connectivity index (χ1v) is 12.0. The number of aryl methyl sites for hydroxylation is 1. The van der Waals surface area contributed by atoms with Gasteiger partial charge in [0.2, 0.25) is 0 Å². The second-order valence-corrected chi connectivity index (χ2v) is 9.08. The van der Waals surface area contributed by atoms with Crippen LogP contribution in [0.1, 0.15) is 0 Å². The molecule has 0 aliphatic carbocycles. The molecule has 7 rings (SSSR count). The Kier molecular flexibility index (Phi) is 4.40. The molecule has 0 aliphatic heterocycles. The van der Waals surface area contributed by atoms with Gasteiger partial charge in [0.15, 0.2) is 0 Å². The van der Waals surface area contributed by atoms with E-state index in [0.29, 0.717) is 0 Å². The Hall–Kier alpha value is -4.56. The van der Waals surface area contributed by atoms with Gasteiger partial charge in [-0.2, -0.15) is 0 Å². The van der Waals surface area contributed by atoms with Gasteiger partial charge in [0, 0.05) is 45.8 Å². The SMILES string of the molecule is Cn1c2ccc(N(c3ccccc3)c3ccccc3)cc2c2c3ccccc3c3ccccc3c21. The van der Waals surface area contributed by atoms with Crippen molar-refractivity contribution in [1.29, 1.82) is 0 Å². The number of hydrogen-bond donors (Lipinski definition) is 0. The minimum atomic E-state index is 1.15. The molecule has 0 aliphatic rings. The molecule has 0 spiro atoms. The summed E-state index contributed by atoms with van der Waals surface area (Å²) in [5.74, 6) is 0. The maximum absolute atomic E-state index is 2.36. The van der Waals surface area contributed by atoms with Crippen molar-refractivity contribution in [2.45, 2.75) is 0 Å². The lowest BCUT2D eigenvalue weighted by Gasteiger charge is -2.25. The molecule has 7 aromatic rings. The van der Waals surface area contributed by atoms with Crippen molar-refractivity contribution in [2.75, 3.05) is 4.90 Å². The van der Waals surface area contributed by atoms with Crippen LogP contribution >= 0.6 is 0 Å². The third kappa shape index (κ3) is 2.97. The fourth-order valence-corrected chi connectivity index (χ4v) is 5.62. The van der Waals surface area contributed by atoms with Crippen molar-refractivity contribution in [3.63, 3.8) is 0 Å². The average Bonchev–Trinajstić information content (AvgIpc) is 3.22. The van der Waals surface area contributed by atoms with E-state index in [0.717, 1.165) is 17.1 Å². The van der Waals surface area contributed by atoms with Crippen LogP contribution in [0.25, 0.3) is 43.4 Å². The standard InChI is InChI=1S/C33H24N2/c1-34-31-21-20-25(35(23-12-4-2-5-13-23)24-14-6-3-7-15-24)22-30(31)32-28-18-10-8-16-26(28)27-17-9-11-19-29(27)33(32)34/h2-22H,1H3. The Labute approximate surface area is 204 Å². The van der Waals surface area contributed by atoms with Gasteiger partial charge in [0.05, 0.1) is 5.52 Å². The number of benzene rings is 6. The molecule has 2 nitrogen and oxygen atoms in total. The molecular formula is C33H24N2. The molecule has 0 radical (unpaired) electrons. The predicted molar refractivity (Wildman–Crippen MR) is 150 cm³/mol. The van der Waals surface area contributed by atoms with Gasteiger partial charge in [0.25, 0.3) is 0 Å². The molecule has 0 amide bonds. The molecule has 0 bridgehead atoms. The van der Waals surface area contributed by atoms with Crippen LogP contribution in [0.5, 0.6) is 0 Å². The fraction of sp³-hybridized carbons (Fsp3) is 0.0303. The Morgan fingerprint density at radius 2 is 0.971 bits per heavy atom. The lowest BCUT2D eigenvalue weighted by atomic mass is 9.96. The van der Waals surface area contributed by atoms with E-state index in [4.69, 9.17) is 0 Å². The van der Waals surface area contributed by atoms with E-state index in [1.807, 2.05) is 0 Å². The van der Waals surface area contributed by atoms with Crippen molar-refractivity contribution in [1.82, 2.24) is 4.57 Å². The Morgan fingerprint density at radius 1 is 0.457 bits per heavy atom. The van der Waals surface area contributed by atoms with Gasteiger partial charge < -0.3 is 9.47 Å². The second-order valence-electron chi connectivity index (χ2n) is 9.08. The largest absolute Gasteiger partial charge is 0.343 e. The van der Waals surface area contributed by atoms with E-state index in [1.165, 1.54) is 43.4 Å². The maximum atomic E-state index is 2.36. The highest BCUT2D eigenvalue weighted by Crippen LogP contribution is 2.43. The highest BCUT2D eigenvalue weighted by molar-refractivity contribution is 6.31. The van der Waals surface area contributed by atoms with Crippen molar-refractivity contribution < 1.29 is 0 Å². The summed E-state index contributed by atoms with van der Waals surface area (Å²) in [6.45, 7) is 0. The van der Waals surface area contributed by atoms with Crippen molar-refractivity contribution in [2.24, 2.45) is 7.05 Å². The zero-order valence-corrected chi connectivity index (χ0v) is 19.5. The van der Waals surface area contributed by atoms with Crippen LogP contribution in [0.3, 0.4) is 0 Å². The van der Waals surface area contributed by atoms with Crippen LogP contribution in [0.15, 0.2) is 127 Å². The minimum Gasteiger partial charge on any atom is -0.343 e. The van der Waals surface area contributed by atoms with E-state index < -0.39 is 0 Å². The number of rotatable bonds is 3. The number of hydrogen-bond acceptors (Lipinski definition) is 1. The van der Waals surface area contributed by atoms with E-state index in [9.17, 15) is 0 Å². The molecule has 166 valence electrons. The van der Waals surface area contributed by atoms with Crippen LogP contribution in [-0.4, -0.2) is 4.57 Å². The molecule has 1 aromatic heterocycles. The first kappa shape index (κ1) is 19.9. The van der Waals surface area contributed by atoms with Gasteiger partial charge in [-0.05, 0) is 58.6 Å². The summed E-state index contributed by atoms with van der Waals surface area (Å²) in [5, 5.41) is 7.80. The number of anilines is 3. The molecule has 0 N–H and O–H groups in total. The smallest absolute Gasteiger partial charge is 0.0574 e. The molecule has 0 unspecified atom stereocenters. The lowest BCUT2D eigenvalue weighted by molar-refractivity contribution is 1.02. The monoisotopic (exact) mass is 448 g/mol. The molecule has 0 saturated carbocycles. The summed E-state index contributed by atoms with van der Waals surface area (Å²) < 4.78 is 2.36. The first-order valence-electron chi connectivity index (χ1n) is 12.0. The van der Waals surface area contributed by atoms with E-state index in [2.05, 4.69) is 144 Å².